The Bertz CT molecular complexity index is 787. The Kier molecular flexibility index (Phi) is 5.28. The summed E-state index contributed by atoms with van der Waals surface area (Å²) in [5.74, 6) is 0.830. The van der Waals surface area contributed by atoms with E-state index in [0.29, 0.717) is 17.1 Å². The minimum atomic E-state index is -0.357. The van der Waals surface area contributed by atoms with Crippen molar-refractivity contribution in [2.75, 3.05) is 11.9 Å². The summed E-state index contributed by atoms with van der Waals surface area (Å²) < 4.78 is 5.56. The lowest BCUT2D eigenvalue weighted by Crippen LogP contribution is -2.53. The molecule has 2 unspecified atom stereocenters. The molecular weight excluding hydrogens is 442 g/mol. The van der Waals surface area contributed by atoms with Crippen LogP contribution in [0.2, 0.25) is 5.02 Å². The fraction of sp³-hybridized carbons (Fsp3) is 0.636. The van der Waals surface area contributed by atoms with Gasteiger partial charge in [-0.25, -0.2) is 0 Å². The minimum absolute atomic E-state index is 0.0536. The average molecular weight is 469 g/mol. The van der Waals surface area contributed by atoms with Crippen molar-refractivity contribution >= 4 is 45.1 Å². The van der Waals surface area contributed by atoms with Crippen LogP contribution in [0.25, 0.3) is 0 Å². The molecule has 5 rings (SSSR count). The second kappa shape index (κ2) is 7.32. The number of esters is 1. The SMILES string of the molecule is Cc1cc(C)c(NC(=O)COC(=O)CC23CC4CC(CC(Br)(C4)C2)C3)c(Cl)c1. The average Bonchev–Trinajstić information content (AvgIpc) is 2.53. The van der Waals surface area contributed by atoms with Gasteiger partial charge in [0.05, 0.1) is 17.1 Å². The lowest BCUT2D eigenvalue weighted by Gasteiger charge is -2.60. The van der Waals surface area contributed by atoms with Crippen molar-refractivity contribution in [2.24, 2.45) is 17.3 Å². The van der Waals surface area contributed by atoms with Crippen LogP contribution in [0, 0.1) is 31.1 Å². The highest BCUT2D eigenvalue weighted by molar-refractivity contribution is 9.10. The molecule has 6 heteroatoms. The summed E-state index contributed by atoms with van der Waals surface area (Å²) >= 11 is 10.2. The Morgan fingerprint density at radius 2 is 1.89 bits per heavy atom. The van der Waals surface area contributed by atoms with Crippen LogP contribution in [0.1, 0.15) is 56.1 Å². The summed E-state index contributed by atoms with van der Waals surface area (Å²) in [7, 11) is 0. The molecule has 1 aromatic rings. The molecule has 4 aliphatic carbocycles. The Labute approximate surface area is 179 Å². The van der Waals surface area contributed by atoms with E-state index in [4.69, 9.17) is 16.3 Å². The number of anilines is 1. The van der Waals surface area contributed by atoms with E-state index in [0.717, 1.165) is 42.2 Å². The molecule has 0 aromatic heterocycles. The monoisotopic (exact) mass is 467 g/mol. The minimum Gasteiger partial charge on any atom is -0.456 e. The van der Waals surface area contributed by atoms with E-state index in [1.807, 2.05) is 19.9 Å². The van der Waals surface area contributed by atoms with Crippen molar-refractivity contribution in [3.63, 3.8) is 0 Å². The molecule has 4 nitrogen and oxygen atoms in total. The third kappa shape index (κ3) is 4.11. The molecule has 28 heavy (non-hydrogen) atoms. The molecule has 4 fully saturated rings. The first kappa shape index (κ1) is 20.2. The molecular formula is C22H27BrClNO3. The first-order valence-corrected chi connectivity index (χ1v) is 11.2. The Morgan fingerprint density at radius 1 is 1.21 bits per heavy atom. The number of carbonyl (C=O) groups is 2. The van der Waals surface area contributed by atoms with Crippen LogP contribution in [0.3, 0.4) is 0 Å². The van der Waals surface area contributed by atoms with Gasteiger partial charge in [0.15, 0.2) is 6.61 Å². The van der Waals surface area contributed by atoms with Crippen LogP contribution in [-0.4, -0.2) is 22.8 Å². The van der Waals surface area contributed by atoms with Crippen LogP contribution >= 0.6 is 27.5 Å². The molecule has 0 radical (unpaired) electrons. The molecule has 1 N–H and O–H groups in total. The molecule has 1 aromatic carbocycles. The zero-order valence-corrected chi connectivity index (χ0v) is 18.8. The Morgan fingerprint density at radius 3 is 2.50 bits per heavy atom. The zero-order chi connectivity index (χ0) is 20.1. The van der Waals surface area contributed by atoms with Crippen molar-refractivity contribution in [3.8, 4) is 0 Å². The van der Waals surface area contributed by atoms with E-state index < -0.39 is 0 Å². The van der Waals surface area contributed by atoms with Crippen LogP contribution in [-0.2, 0) is 14.3 Å². The van der Waals surface area contributed by atoms with Gasteiger partial charge >= 0.3 is 5.97 Å². The quantitative estimate of drug-likeness (QED) is 0.454. The van der Waals surface area contributed by atoms with Gasteiger partial charge in [-0.2, -0.15) is 0 Å². The number of halogens is 2. The standard InChI is InChI=1S/C22H27BrClNO3/c1-13-3-14(2)20(17(24)4-13)25-18(26)11-28-19(27)10-21-6-15-5-16(7-21)9-22(23,8-15)12-21/h3-4,15-16H,5-12H2,1-2H3,(H,25,26). The molecule has 4 saturated carbocycles. The van der Waals surface area contributed by atoms with E-state index in [-0.39, 0.29) is 28.2 Å². The molecule has 152 valence electrons. The van der Waals surface area contributed by atoms with Gasteiger partial charge in [0.25, 0.3) is 5.91 Å². The van der Waals surface area contributed by atoms with Crippen molar-refractivity contribution in [2.45, 2.75) is 63.1 Å². The lowest BCUT2D eigenvalue weighted by molar-refractivity contribution is -0.153. The predicted molar refractivity (Wildman–Crippen MR) is 114 cm³/mol. The van der Waals surface area contributed by atoms with E-state index in [1.165, 1.54) is 19.3 Å². The maximum absolute atomic E-state index is 12.5. The number of benzene rings is 1. The number of rotatable bonds is 5. The fourth-order valence-corrected chi connectivity index (χ4v) is 8.17. The summed E-state index contributed by atoms with van der Waals surface area (Å²) in [5.41, 5.74) is 2.56. The third-order valence-corrected chi connectivity index (χ3v) is 7.92. The second-order valence-electron chi connectivity index (χ2n) is 9.44. The Balaban J connectivity index is 1.32. The maximum Gasteiger partial charge on any atom is 0.306 e. The number of ether oxygens (including phenoxy) is 1. The molecule has 4 bridgehead atoms. The van der Waals surface area contributed by atoms with Gasteiger partial charge < -0.3 is 10.1 Å². The summed E-state index contributed by atoms with van der Waals surface area (Å²) in [5, 5.41) is 3.26. The number of carbonyl (C=O) groups excluding carboxylic acids is 2. The predicted octanol–water partition coefficient (Wildman–Crippen LogP) is 5.56. The third-order valence-electron chi connectivity index (χ3n) is 6.69. The normalized spacial score (nSPS) is 33.0. The van der Waals surface area contributed by atoms with Crippen molar-refractivity contribution in [1.29, 1.82) is 0 Å². The number of aryl methyl sites for hydroxylation is 2. The second-order valence-corrected chi connectivity index (χ2v) is 11.5. The molecule has 1 amide bonds. The summed E-state index contributed by atoms with van der Waals surface area (Å²) in [4.78, 5) is 24.8. The highest BCUT2D eigenvalue weighted by Gasteiger charge is 2.57. The smallest absolute Gasteiger partial charge is 0.306 e. The molecule has 4 aliphatic rings. The first-order chi connectivity index (χ1) is 13.2. The van der Waals surface area contributed by atoms with Gasteiger partial charge in [0.1, 0.15) is 0 Å². The number of amides is 1. The highest BCUT2D eigenvalue weighted by atomic mass is 79.9. The number of hydrogen-bond acceptors (Lipinski definition) is 3. The first-order valence-electron chi connectivity index (χ1n) is 10.1. The summed E-state index contributed by atoms with van der Waals surface area (Å²) in [6, 6.07) is 3.76. The number of hydrogen-bond donors (Lipinski definition) is 1. The zero-order valence-electron chi connectivity index (χ0n) is 16.4. The van der Waals surface area contributed by atoms with Gasteiger partial charge in [-0.15, -0.1) is 0 Å². The highest BCUT2D eigenvalue weighted by Crippen LogP contribution is 2.65. The van der Waals surface area contributed by atoms with Gasteiger partial charge in [0.2, 0.25) is 0 Å². The van der Waals surface area contributed by atoms with Crippen LogP contribution in [0.5, 0.6) is 0 Å². The van der Waals surface area contributed by atoms with E-state index in [2.05, 4.69) is 21.2 Å². The summed E-state index contributed by atoms with van der Waals surface area (Å²) in [6.45, 7) is 3.57. The number of alkyl halides is 1. The van der Waals surface area contributed by atoms with Gasteiger partial charge in [-0.05, 0) is 86.8 Å². The molecule has 0 saturated heterocycles. The fourth-order valence-electron chi connectivity index (χ4n) is 6.30. The molecule has 2 atom stereocenters. The maximum atomic E-state index is 12.5. The van der Waals surface area contributed by atoms with Crippen molar-refractivity contribution in [3.05, 3.63) is 28.3 Å². The molecule has 0 spiro atoms. The molecule has 0 heterocycles. The van der Waals surface area contributed by atoms with Crippen LogP contribution in [0.15, 0.2) is 12.1 Å². The number of nitrogens with one attached hydrogen (secondary N) is 1. The summed E-state index contributed by atoms with van der Waals surface area (Å²) in [6.07, 6.45) is 7.49. The van der Waals surface area contributed by atoms with Gasteiger partial charge in [-0.1, -0.05) is 33.6 Å². The van der Waals surface area contributed by atoms with Crippen LogP contribution < -0.4 is 5.32 Å². The van der Waals surface area contributed by atoms with Crippen LogP contribution in [0.4, 0.5) is 5.69 Å². The van der Waals surface area contributed by atoms with E-state index in [1.54, 1.807) is 6.07 Å². The van der Waals surface area contributed by atoms with Gasteiger partial charge in [0, 0.05) is 4.32 Å². The largest absolute Gasteiger partial charge is 0.456 e. The van der Waals surface area contributed by atoms with Gasteiger partial charge in [-0.3, -0.25) is 9.59 Å². The Hall–Kier alpha value is -1.07. The lowest BCUT2D eigenvalue weighted by atomic mass is 9.49. The van der Waals surface area contributed by atoms with Crippen molar-refractivity contribution in [1.82, 2.24) is 0 Å². The topological polar surface area (TPSA) is 55.4 Å². The van der Waals surface area contributed by atoms with Crippen molar-refractivity contribution < 1.29 is 14.3 Å². The molecule has 0 aliphatic heterocycles. The van der Waals surface area contributed by atoms with E-state index in [9.17, 15) is 9.59 Å². The van der Waals surface area contributed by atoms with E-state index >= 15 is 0 Å².